The number of nitrogens with zero attached hydrogens (tertiary/aromatic N) is 2. The van der Waals surface area contributed by atoms with E-state index in [0.29, 0.717) is 6.04 Å². The van der Waals surface area contributed by atoms with Crippen molar-refractivity contribution < 1.29 is 4.79 Å². The fraction of sp³-hybridized carbons (Fsp3) is 0.929. The first-order chi connectivity index (χ1) is 8.72. The number of hydrogen-bond acceptors (Lipinski definition) is 3. The molecule has 1 amide bonds. The molecule has 0 bridgehead atoms. The first kappa shape index (κ1) is 20.0. The zero-order valence-corrected chi connectivity index (χ0v) is 14.3. The van der Waals surface area contributed by atoms with Gasteiger partial charge in [-0.2, -0.15) is 0 Å². The van der Waals surface area contributed by atoms with Crippen molar-refractivity contribution in [2.24, 2.45) is 0 Å². The van der Waals surface area contributed by atoms with Crippen molar-refractivity contribution in [2.45, 2.75) is 51.1 Å². The van der Waals surface area contributed by atoms with E-state index >= 15 is 0 Å². The van der Waals surface area contributed by atoms with E-state index < -0.39 is 0 Å². The Morgan fingerprint density at radius 1 is 1.25 bits per heavy atom. The number of piperidine rings is 1. The fourth-order valence-electron chi connectivity index (χ4n) is 3.25. The summed E-state index contributed by atoms with van der Waals surface area (Å²) in [7, 11) is 1.96. The second kappa shape index (κ2) is 9.82. The van der Waals surface area contributed by atoms with Crippen molar-refractivity contribution in [2.75, 3.05) is 33.2 Å². The third kappa shape index (κ3) is 5.06. The Hall–Kier alpha value is -0.0300. The Labute approximate surface area is 135 Å². The normalized spacial score (nSPS) is 26.5. The van der Waals surface area contributed by atoms with Crippen LogP contribution >= 0.6 is 24.8 Å². The molecule has 0 aliphatic carbocycles. The summed E-state index contributed by atoms with van der Waals surface area (Å²) >= 11 is 0. The van der Waals surface area contributed by atoms with E-state index in [-0.39, 0.29) is 36.8 Å². The molecule has 2 aliphatic rings. The van der Waals surface area contributed by atoms with Crippen LogP contribution in [0.1, 0.15) is 39.0 Å². The average Bonchev–Trinajstić information content (AvgIpc) is 2.86. The molecule has 2 saturated heterocycles. The van der Waals surface area contributed by atoms with Crippen LogP contribution < -0.4 is 5.32 Å². The number of hydrogen-bond donors (Lipinski definition) is 1. The maximum atomic E-state index is 12.3. The summed E-state index contributed by atoms with van der Waals surface area (Å²) in [5, 5.41) is 3.35. The van der Waals surface area contributed by atoms with E-state index in [0.717, 1.165) is 26.1 Å². The summed E-state index contributed by atoms with van der Waals surface area (Å²) in [6.07, 6.45) is 5.92. The van der Waals surface area contributed by atoms with Crippen LogP contribution in [0.5, 0.6) is 0 Å². The molecular weight excluding hydrogens is 297 g/mol. The summed E-state index contributed by atoms with van der Waals surface area (Å²) in [6.45, 7) is 6.40. The van der Waals surface area contributed by atoms with Crippen molar-refractivity contribution in [3.8, 4) is 0 Å². The van der Waals surface area contributed by atoms with Gasteiger partial charge >= 0.3 is 0 Å². The van der Waals surface area contributed by atoms with Gasteiger partial charge in [-0.25, -0.2) is 0 Å². The molecule has 2 rings (SSSR count). The summed E-state index contributed by atoms with van der Waals surface area (Å²) < 4.78 is 0. The smallest absolute Gasteiger partial charge is 0.239 e. The van der Waals surface area contributed by atoms with E-state index in [9.17, 15) is 4.79 Å². The van der Waals surface area contributed by atoms with Gasteiger partial charge in [-0.05, 0) is 45.3 Å². The van der Waals surface area contributed by atoms with Crippen LogP contribution in [0.3, 0.4) is 0 Å². The molecule has 1 N–H and O–H groups in total. The maximum absolute atomic E-state index is 12.3. The first-order valence-corrected chi connectivity index (χ1v) is 7.44. The number of likely N-dealkylation sites (N-methyl/N-ethyl adjacent to an activating group) is 2. The van der Waals surface area contributed by atoms with Crippen molar-refractivity contribution in [3.05, 3.63) is 0 Å². The first-order valence-electron chi connectivity index (χ1n) is 7.44. The minimum absolute atomic E-state index is 0. The van der Waals surface area contributed by atoms with Gasteiger partial charge in [0.15, 0.2) is 0 Å². The van der Waals surface area contributed by atoms with E-state index in [4.69, 9.17) is 0 Å². The van der Waals surface area contributed by atoms with Gasteiger partial charge in [0.05, 0.1) is 6.04 Å². The standard InChI is InChI=1S/C14H27N3O.2ClH/c1-3-17-10-6-7-12(17)11-16(2)14(18)13-8-4-5-9-15-13;;/h12-13,15H,3-11H2,1-2H3;2*1H/t12?,13-;;/m1../s1. The fourth-order valence-corrected chi connectivity index (χ4v) is 3.25. The van der Waals surface area contributed by atoms with Gasteiger partial charge in [-0.3, -0.25) is 9.69 Å². The number of carbonyl (C=O) groups excluding carboxylic acids is 1. The highest BCUT2D eigenvalue weighted by atomic mass is 35.5. The molecule has 2 aliphatic heterocycles. The average molecular weight is 326 g/mol. The zero-order chi connectivity index (χ0) is 13.0. The third-order valence-corrected chi connectivity index (χ3v) is 4.37. The Morgan fingerprint density at radius 3 is 2.60 bits per heavy atom. The molecule has 20 heavy (non-hydrogen) atoms. The summed E-state index contributed by atoms with van der Waals surface area (Å²) in [4.78, 5) is 16.8. The van der Waals surface area contributed by atoms with Gasteiger partial charge in [-0.1, -0.05) is 13.3 Å². The number of nitrogens with one attached hydrogen (secondary N) is 1. The number of halogens is 2. The molecule has 0 saturated carbocycles. The van der Waals surface area contributed by atoms with Gasteiger partial charge in [0, 0.05) is 19.6 Å². The predicted molar refractivity (Wildman–Crippen MR) is 88.0 cm³/mol. The van der Waals surface area contributed by atoms with Crippen molar-refractivity contribution in [3.63, 3.8) is 0 Å². The summed E-state index contributed by atoms with van der Waals surface area (Å²) in [5.74, 6) is 0.289. The van der Waals surface area contributed by atoms with Crippen molar-refractivity contribution in [1.29, 1.82) is 0 Å². The number of rotatable bonds is 4. The highest BCUT2D eigenvalue weighted by Crippen LogP contribution is 2.18. The van der Waals surface area contributed by atoms with E-state index in [1.807, 2.05) is 11.9 Å². The maximum Gasteiger partial charge on any atom is 0.239 e. The van der Waals surface area contributed by atoms with E-state index in [1.165, 1.54) is 32.2 Å². The third-order valence-electron chi connectivity index (χ3n) is 4.37. The molecular formula is C14H29Cl2N3O. The van der Waals surface area contributed by atoms with Crippen LogP contribution in [0.15, 0.2) is 0 Å². The number of likely N-dealkylation sites (tertiary alicyclic amines) is 1. The minimum atomic E-state index is 0. The molecule has 0 radical (unpaired) electrons. The Kier molecular flexibility index (Phi) is 9.81. The van der Waals surface area contributed by atoms with Crippen LogP contribution in [-0.4, -0.2) is 61.0 Å². The quantitative estimate of drug-likeness (QED) is 0.857. The predicted octanol–water partition coefficient (Wildman–Crippen LogP) is 1.91. The lowest BCUT2D eigenvalue weighted by Crippen LogP contribution is -2.50. The summed E-state index contributed by atoms with van der Waals surface area (Å²) in [5.41, 5.74) is 0. The number of amides is 1. The molecule has 0 aromatic rings. The van der Waals surface area contributed by atoms with Crippen molar-refractivity contribution >= 4 is 30.7 Å². The molecule has 120 valence electrons. The van der Waals surface area contributed by atoms with Gasteiger partial charge in [0.1, 0.15) is 0 Å². The van der Waals surface area contributed by atoms with Crippen LogP contribution in [0.2, 0.25) is 0 Å². The monoisotopic (exact) mass is 325 g/mol. The van der Waals surface area contributed by atoms with Gasteiger partial charge in [-0.15, -0.1) is 24.8 Å². The lowest BCUT2D eigenvalue weighted by Gasteiger charge is -2.31. The Balaban J connectivity index is 0.00000180. The summed E-state index contributed by atoms with van der Waals surface area (Å²) in [6, 6.07) is 0.646. The van der Waals surface area contributed by atoms with E-state index in [2.05, 4.69) is 17.1 Å². The van der Waals surface area contributed by atoms with Gasteiger partial charge in [0.2, 0.25) is 5.91 Å². The molecule has 6 heteroatoms. The number of carbonyl (C=O) groups is 1. The second-order valence-electron chi connectivity index (χ2n) is 5.65. The van der Waals surface area contributed by atoms with Crippen LogP contribution in [0.4, 0.5) is 0 Å². The topological polar surface area (TPSA) is 35.6 Å². The lowest BCUT2D eigenvalue weighted by atomic mass is 10.0. The minimum Gasteiger partial charge on any atom is -0.343 e. The lowest BCUT2D eigenvalue weighted by molar-refractivity contribution is -0.133. The Morgan fingerprint density at radius 2 is 2.00 bits per heavy atom. The van der Waals surface area contributed by atoms with Gasteiger partial charge < -0.3 is 10.2 Å². The van der Waals surface area contributed by atoms with Crippen LogP contribution in [0.25, 0.3) is 0 Å². The molecule has 0 aromatic heterocycles. The highest BCUT2D eigenvalue weighted by Gasteiger charge is 2.28. The molecule has 4 nitrogen and oxygen atoms in total. The van der Waals surface area contributed by atoms with Crippen LogP contribution in [0, 0.1) is 0 Å². The largest absolute Gasteiger partial charge is 0.343 e. The molecule has 2 atom stereocenters. The Bertz CT molecular complexity index is 286. The molecule has 2 heterocycles. The van der Waals surface area contributed by atoms with Crippen molar-refractivity contribution in [1.82, 2.24) is 15.1 Å². The second-order valence-corrected chi connectivity index (χ2v) is 5.65. The van der Waals surface area contributed by atoms with E-state index in [1.54, 1.807) is 0 Å². The molecule has 0 spiro atoms. The van der Waals surface area contributed by atoms with Crippen LogP contribution in [-0.2, 0) is 4.79 Å². The highest BCUT2D eigenvalue weighted by molar-refractivity contribution is 5.85. The molecule has 1 unspecified atom stereocenters. The molecule has 2 fully saturated rings. The zero-order valence-electron chi connectivity index (χ0n) is 12.6. The molecule has 0 aromatic carbocycles. The SMILES string of the molecule is CCN1CCCC1CN(C)C(=O)[C@H]1CCCCN1.Cl.Cl. The van der Waals surface area contributed by atoms with Gasteiger partial charge in [0.25, 0.3) is 0 Å².